The molecule has 1 aromatic rings. The lowest BCUT2D eigenvalue weighted by atomic mass is 10.1. The summed E-state index contributed by atoms with van der Waals surface area (Å²) in [5.41, 5.74) is 0.597. The standard InChI is InChI=1S/C15H22N6O5/c22-12(6-18-14(25)10-2-1-3-17-10)21-11(4-9-5-16-8-20-9)15(26)19-7-13(23)24/h5,8,10-11,17H,1-4,6-7H2,(H,16,20)(H,18,25)(H,19,26)(H,21,22)(H,23,24). The molecule has 3 amide bonds. The number of hydrogen-bond acceptors (Lipinski definition) is 6. The molecule has 0 aromatic carbocycles. The number of rotatable bonds is 9. The van der Waals surface area contributed by atoms with E-state index in [2.05, 4.69) is 31.2 Å². The van der Waals surface area contributed by atoms with Gasteiger partial charge in [0.2, 0.25) is 17.7 Å². The highest BCUT2D eigenvalue weighted by Gasteiger charge is 2.24. The van der Waals surface area contributed by atoms with Crippen LogP contribution < -0.4 is 21.3 Å². The van der Waals surface area contributed by atoms with Gasteiger partial charge in [0.05, 0.1) is 18.9 Å². The maximum Gasteiger partial charge on any atom is 0.322 e. The molecule has 0 bridgehead atoms. The van der Waals surface area contributed by atoms with Crippen molar-refractivity contribution in [1.29, 1.82) is 0 Å². The molecule has 0 aliphatic carbocycles. The van der Waals surface area contributed by atoms with Crippen LogP contribution in [0.4, 0.5) is 0 Å². The third kappa shape index (κ3) is 6.16. The Labute approximate surface area is 149 Å². The maximum atomic E-state index is 12.1. The van der Waals surface area contributed by atoms with Crippen molar-refractivity contribution in [1.82, 2.24) is 31.2 Å². The molecule has 11 nitrogen and oxygen atoms in total. The Morgan fingerprint density at radius 3 is 2.69 bits per heavy atom. The van der Waals surface area contributed by atoms with Crippen molar-refractivity contribution in [3.05, 3.63) is 18.2 Å². The van der Waals surface area contributed by atoms with E-state index in [4.69, 9.17) is 5.11 Å². The zero-order chi connectivity index (χ0) is 18.9. The molecule has 2 heterocycles. The van der Waals surface area contributed by atoms with Crippen molar-refractivity contribution in [3.8, 4) is 0 Å². The van der Waals surface area contributed by atoms with E-state index in [1.165, 1.54) is 12.5 Å². The Hall–Kier alpha value is -2.95. The molecule has 1 aliphatic heterocycles. The van der Waals surface area contributed by atoms with E-state index < -0.39 is 30.4 Å². The Kier molecular flexibility index (Phi) is 7.09. The van der Waals surface area contributed by atoms with Gasteiger partial charge < -0.3 is 31.4 Å². The second-order valence-corrected chi connectivity index (χ2v) is 5.88. The molecule has 0 spiro atoms. The molecule has 1 fully saturated rings. The van der Waals surface area contributed by atoms with Gasteiger partial charge in [0.1, 0.15) is 12.6 Å². The van der Waals surface area contributed by atoms with Gasteiger partial charge in [0.15, 0.2) is 0 Å². The van der Waals surface area contributed by atoms with Gasteiger partial charge in [-0.25, -0.2) is 4.98 Å². The van der Waals surface area contributed by atoms with Gasteiger partial charge in [-0.3, -0.25) is 19.2 Å². The smallest absolute Gasteiger partial charge is 0.322 e. The quantitative estimate of drug-likeness (QED) is 0.281. The number of imidazole rings is 1. The van der Waals surface area contributed by atoms with Crippen molar-refractivity contribution in [2.45, 2.75) is 31.3 Å². The fourth-order valence-electron chi connectivity index (χ4n) is 2.56. The van der Waals surface area contributed by atoms with E-state index >= 15 is 0 Å². The summed E-state index contributed by atoms with van der Waals surface area (Å²) in [7, 11) is 0. The van der Waals surface area contributed by atoms with Crippen LogP contribution in [0.15, 0.2) is 12.5 Å². The first kappa shape index (κ1) is 19.4. The summed E-state index contributed by atoms with van der Waals surface area (Å²) in [5.74, 6) is -2.65. The molecule has 142 valence electrons. The van der Waals surface area contributed by atoms with E-state index in [0.717, 1.165) is 13.0 Å². The number of nitrogens with zero attached hydrogens (tertiary/aromatic N) is 1. The summed E-state index contributed by atoms with van der Waals surface area (Å²) in [5, 5.41) is 18.9. The van der Waals surface area contributed by atoms with Crippen molar-refractivity contribution >= 4 is 23.7 Å². The lowest BCUT2D eigenvalue weighted by molar-refractivity contribution is -0.138. The molecule has 1 aliphatic rings. The van der Waals surface area contributed by atoms with Gasteiger partial charge in [-0.1, -0.05) is 0 Å². The van der Waals surface area contributed by atoms with Crippen LogP contribution in [0.5, 0.6) is 0 Å². The minimum atomic E-state index is -1.19. The molecule has 26 heavy (non-hydrogen) atoms. The molecule has 11 heteroatoms. The van der Waals surface area contributed by atoms with Crippen LogP contribution in [-0.4, -0.2) is 70.5 Å². The number of aliphatic carboxylic acids is 1. The van der Waals surface area contributed by atoms with Crippen LogP contribution in [0, 0.1) is 0 Å². The minimum Gasteiger partial charge on any atom is -0.480 e. The molecular weight excluding hydrogens is 344 g/mol. The number of aromatic amines is 1. The van der Waals surface area contributed by atoms with Crippen LogP contribution in [0.2, 0.25) is 0 Å². The van der Waals surface area contributed by atoms with E-state index in [1.54, 1.807) is 0 Å². The van der Waals surface area contributed by atoms with Crippen molar-refractivity contribution < 1.29 is 24.3 Å². The molecule has 0 radical (unpaired) electrons. The average Bonchev–Trinajstić information content (AvgIpc) is 3.30. The van der Waals surface area contributed by atoms with Gasteiger partial charge in [-0.15, -0.1) is 0 Å². The number of nitrogens with one attached hydrogen (secondary N) is 5. The Bertz CT molecular complexity index is 641. The maximum absolute atomic E-state index is 12.1. The molecular formula is C15H22N6O5. The van der Waals surface area contributed by atoms with Crippen molar-refractivity contribution in [3.63, 3.8) is 0 Å². The molecule has 2 rings (SSSR count). The Morgan fingerprint density at radius 2 is 2.08 bits per heavy atom. The fourth-order valence-corrected chi connectivity index (χ4v) is 2.56. The SMILES string of the molecule is O=C(O)CNC(=O)C(Cc1cnc[nH]1)NC(=O)CNC(=O)C1CCCN1. The minimum absolute atomic E-state index is 0.106. The average molecular weight is 366 g/mol. The van der Waals surface area contributed by atoms with Crippen LogP contribution in [0.3, 0.4) is 0 Å². The third-order valence-corrected chi connectivity index (χ3v) is 3.84. The fraction of sp³-hybridized carbons (Fsp3) is 0.533. The predicted octanol–water partition coefficient (Wildman–Crippen LogP) is -2.49. The monoisotopic (exact) mass is 366 g/mol. The first-order valence-electron chi connectivity index (χ1n) is 8.23. The summed E-state index contributed by atoms with van der Waals surface area (Å²) in [6.07, 6.45) is 4.65. The summed E-state index contributed by atoms with van der Waals surface area (Å²) < 4.78 is 0. The number of carboxylic acids is 1. The number of carbonyl (C=O) groups is 4. The van der Waals surface area contributed by atoms with Gasteiger partial charge in [-0.2, -0.15) is 0 Å². The number of hydrogen-bond donors (Lipinski definition) is 6. The normalized spacial score (nSPS) is 17.3. The van der Waals surface area contributed by atoms with Crippen LogP contribution in [0.25, 0.3) is 0 Å². The Balaban J connectivity index is 1.87. The highest BCUT2D eigenvalue weighted by atomic mass is 16.4. The molecule has 6 N–H and O–H groups in total. The summed E-state index contributed by atoms with van der Waals surface area (Å²) in [4.78, 5) is 53.3. The number of carbonyl (C=O) groups excluding carboxylic acids is 3. The van der Waals surface area contributed by atoms with E-state index in [0.29, 0.717) is 12.1 Å². The van der Waals surface area contributed by atoms with Gasteiger partial charge in [0.25, 0.3) is 0 Å². The number of carboxylic acid groups (broad SMARTS) is 1. The van der Waals surface area contributed by atoms with Gasteiger partial charge >= 0.3 is 5.97 Å². The van der Waals surface area contributed by atoms with Crippen LogP contribution in [0.1, 0.15) is 18.5 Å². The first-order valence-corrected chi connectivity index (χ1v) is 8.23. The number of aromatic nitrogens is 2. The van der Waals surface area contributed by atoms with E-state index in [-0.39, 0.29) is 24.9 Å². The molecule has 2 unspecified atom stereocenters. The zero-order valence-corrected chi connectivity index (χ0v) is 14.1. The lowest BCUT2D eigenvalue weighted by Crippen LogP contribution is -2.52. The Morgan fingerprint density at radius 1 is 1.27 bits per heavy atom. The van der Waals surface area contributed by atoms with Crippen molar-refractivity contribution in [2.75, 3.05) is 19.6 Å². The zero-order valence-electron chi connectivity index (χ0n) is 14.1. The first-order chi connectivity index (χ1) is 12.5. The highest BCUT2D eigenvalue weighted by Crippen LogP contribution is 2.04. The largest absolute Gasteiger partial charge is 0.480 e. The summed E-state index contributed by atoms with van der Waals surface area (Å²) in [6.45, 7) is -0.0682. The lowest BCUT2D eigenvalue weighted by Gasteiger charge is -2.18. The molecule has 0 saturated carbocycles. The van der Waals surface area contributed by atoms with E-state index in [9.17, 15) is 19.2 Å². The number of amides is 3. The summed E-state index contributed by atoms with van der Waals surface area (Å²) >= 11 is 0. The summed E-state index contributed by atoms with van der Waals surface area (Å²) in [6, 6.07) is -1.30. The third-order valence-electron chi connectivity index (χ3n) is 3.84. The molecule has 2 atom stereocenters. The van der Waals surface area contributed by atoms with Crippen molar-refractivity contribution in [2.24, 2.45) is 0 Å². The second kappa shape index (κ2) is 9.51. The van der Waals surface area contributed by atoms with Crippen LogP contribution >= 0.6 is 0 Å². The predicted molar refractivity (Wildman–Crippen MR) is 88.9 cm³/mol. The van der Waals surface area contributed by atoms with Crippen LogP contribution in [-0.2, 0) is 25.6 Å². The topological polar surface area (TPSA) is 165 Å². The van der Waals surface area contributed by atoms with Gasteiger partial charge in [0, 0.05) is 18.3 Å². The van der Waals surface area contributed by atoms with E-state index in [1.807, 2.05) is 0 Å². The molecule has 1 aromatic heterocycles. The highest BCUT2D eigenvalue weighted by molar-refractivity contribution is 5.92. The second-order valence-electron chi connectivity index (χ2n) is 5.88. The van der Waals surface area contributed by atoms with Gasteiger partial charge in [-0.05, 0) is 19.4 Å². The number of H-pyrrole nitrogens is 1. The molecule has 1 saturated heterocycles.